The van der Waals surface area contributed by atoms with Gasteiger partial charge in [-0.1, -0.05) is 23.7 Å². The molecule has 1 saturated heterocycles. The number of amides is 1. The van der Waals surface area contributed by atoms with Crippen LogP contribution in [0.25, 0.3) is 0 Å². The Morgan fingerprint density at radius 2 is 1.74 bits per heavy atom. The van der Waals surface area contributed by atoms with Crippen LogP contribution in [0.2, 0.25) is 5.02 Å². The minimum atomic E-state index is 0.0824. The highest BCUT2D eigenvalue weighted by Crippen LogP contribution is 2.24. The highest BCUT2D eigenvalue weighted by Gasteiger charge is 2.22. The molecule has 1 aliphatic heterocycles. The molecule has 144 valence electrons. The SMILES string of the molecule is COCc1ccc(C(=O)N2CCN(Cc3cc(Cl)ccc3OC)CC2)cc1. The van der Waals surface area contributed by atoms with E-state index in [2.05, 4.69) is 4.90 Å². The molecule has 0 radical (unpaired) electrons. The van der Waals surface area contributed by atoms with Crippen LogP contribution < -0.4 is 4.74 Å². The van der Waals surface area contributed by atoms with Crippen molar-refractivity contribution in [2.45, 2.75) is 13.2 Å². The molecule has 0 N–H and O–H groups in total. The van der Waals surface area contributed by atoms with Gasteiger partial charge in [-0.15, -0.1) is 0 Å². The van der Waals surface area contributed by atoms with Crippen LogP contribution in [0.15, 0.2) is 42.5 Å². The Morgan fingerprint density at radius 1 is 1.04 bits per heavy atom. The predicted molar refractivity (Wildman–Crippen MR) is 106 cm³/mol. The highest BCUT2D eigenvalue weighted by molar-refractivity contribution is 6.30. The first-order chi connectivity index (χ1) is 13.1. The van der Waals surface area contributed by atoms with E-state index in [-0.39, 0.29) is 5.91 Å². The lowest BCUT2D eigenvalue weighted by Gasteiger charge is -2.35. The fourth-order valence-electron chi connectivity index (χ4n) is 3.31. The number of carbonyl (C=O) groups is 1. The topological polar surface area (TPSA) is 42.0 Å². The van der Waals surface area contributed by atoms with Crippen LogP contribution in [0.1, 0.15) is 21.5 Å². The van der Waals surface area contributed by atoms with Crippen LogP contribution in [-0.2, 0) is 17.9 Å². The molecule has 1 fully saturated rings. The summed E-state index contributed by atoms with van der Waals surface area (Å²) in [5.41, 5.74) is 2.85. The number of halogens is 1. The number of hydrogen-bond donors (Lipinski definition) is 0. The monoisotopic (exact) mass is 388 g/mol. The summed E-state index contributed by atoms with van der Waals surface area (Å²) in [4.78, 5) is 17.0. The molecule has 0 aromatic heterocycles. The Labute approximate surface area is 165 Å². The van der Waals surface area contributed by atoms with E-state index in [0.717, 1.165) is 42.1 Å². The number of piperazine rings is 1. The van der Waals surface area contributed by atoms with Crippen molar-refractivity contribution in [3.8, 4) is 5.75 Å². The average Bonchev–Trinajstić information content (AvgIpc) is 2.69. The van der Waals surface area contributed by atoms with Gasteiger partial charge < -0.3 is 14.4 Å². The van der Waals surface area contributed by atoms with Crippen LogP contribution in [0, 0.1) is 0 Å². The predicted octanol–water partition coefficient (Wildman–Crippen LogP) is 3.45. The third-order valence-corrected chi connectivity index (χ3v) is 5.04. The lowest BCUT2D eigenvalue weighted by atomic mass is 10.1. The van der Waals surface area contributed by atoms with Gasteiger partial charge in [0.1, 0.15) is 5.75 Å². The van der Waals surface area contributed by atoms with Gasteiger partial charge >= 0.3 is 0 Å². The molecule has 2 aromatic rings. The number of ether oxygens (including phenoxy) is 2. The molecule has 2 aromatic carbocycles. The molecular formula is C21H25ClN2O3. The Morgan fingerprint density at radius 3 is 2.37 bits per heavy atom. The van der Waals surface area contributed by atoms with Crippen LogP contribution >= 0.6 is 11.6 Å². The lowest BCUT2D eigenvalue weighted by Crippen LogP contribution is -2.48. The highest BCUT2D eigenvalue weighted by atomic mass is 35.5. The summed E-state index contributed by atoms with van der Waals surface area (Å²) in [6, 6.07) is 13.3. The largest absolute Gasteiger partial charge is 0.496 e. The number of methoxy groups -OCH3 is 2. The van der Waals surface area contributed by atoms with Gasteiger partial charge in [0.15, 0.2) is 0 Å². The normalized spacial score (nSPS) is 15.0. The fraction of sp³-hybridized carbons (Fsp3) is 0.381. The molecule has 3 rings (SSSR count). The van der Waals surface area contributed by atoms with Gasteiger partial charge in [0, 0.05) is 56.0 Å². The maximum Gasteiger partial charge on any atom is 0.253 e. The number of hydrogen-bond acceptors (Lipinski definition) is 4. The average molecular weight is 389 g/mol. The summed E-state index contributed by atoms with van der Waals surface area (Å²) in [6.07, 6.45) is 0. The summed E-state index contributed by atoms with van der Waals surface area (Å²) in [5, 5.41) is 0.705. The van der Waals surface area contributed by atoms with Crippen molar-refractivity contribution in [1.29, 1.82) is 0 Å². The fourth-order valence-corrected chi connectivity index (χ4v) is 3.51. The van der Waals surface area contributed by atoms with Gasteiger partial charge in [0.2, 0.25) is 0 Å². The van der Waals surface area contributed by atoms with E-state index in [4.69, 9.17) is 21.1 Å². The third kappa shape index (κ3) is 5.01. The van der Waals surface area contributed by atoms with Crippen molar-refractivity contribution in [1.82, 2.24) is 9.80 Å². The van der Waals surface area contributed by atoms with E-state index in [1.54, 1.807) is 14.2 Å². The number of carbonyl (C=O) groups excluding carboxylic acids is 1. The Balaban J connectivity index is 1.57. The van der Waals surface area contributed by atoms with Crippen molar-refractivity contribution in [3.63, 3.8) is 0 Å². The molecule has 1 aliphatic rings. The van der Waals surface area contributed by atoms with Crippen molar-refractivity contribution in [2.75, 3.05) is 40.4 Å². The lowest BCUT2D eigenvalue weighted by molar-refractivity contribution is 0.0627. The first-order valence-corrected chi connectivity index (χ1v) is 9.40. The summed E-state index contributed by atoms with van der Waals surface area (Å²) in [6.45, 7) is 4.38. The van der Waals surface area contributed by atoms with E-state index in [9.17, 15) is 4.79 Å². The second kappa shape index (κ2) is 9.22. The summed E-state index contributed by atoms with van der Waals surface area (Å²) >= 11 is 6.12. The first-order valence-electron chi connectivity index (χ1n) is 9.02. The molecule has 5 nitrogen and oxygen atoms in total. The molecule has 0 spiro atoms. The Hall–Kier alpha value is -2.08. The smallest absolute Gasteiger partial charge is 0.253 e. The van der Waals surface area contributed by atoms with E-state index < -0.39 is 0 Å². The maximum atomic E-state index is 12.7. The Bertz CT molecular complexity index is 771. The molecule has 0 saturated carbocycles. The van der Waals surface area contributed by atoms with Gasteiger partial charge in [-0.05, 0) is 35.9 Å². The van der Waals surface area contributed by atoms with Gasteiger partial charge in [0.05, 0.1) is 13.7 Å². The van der Waals surface area contributed by atoms with Crippen molar-refractivity contribution in [3.05, 3.63) is 64.2 Å². The second-order valence-corrected chi connectivity index (χ2v) is 7.09. The minimum Gasteiger partial charge on any atom is -0.496 e. The van der Waals surface area contributed by atoms with E-state index in [1.165, 1.54) is 0 Å². The second-order valence-electron chi connectivity index (χ2n) is 6.65. The molecule has 0 atom stereocenters. The molecule has 1 amide bonds. The van der Waals surface area contributed by atoms with Gasteiger partial charge in [-0.3, -0.25) is 9.69 Å². The van der Waals surface area contributed by atoms with Crippen molar-refractivity contribution < 1.29 is 14.3 Å². The zero-order valence-corrected chi connectivity index (χ0v) is 16.5. The van der Waals surface area contributed by atoms with Crippen molar-refractivity contribution >= 4 is 17.5 Å². The zero-order valence-electron chi connectivity index (χ0n) is 15.8. The Kier molecular flexibility index (Phi) is 6.72. The van der Waals surface area contributed by atoms with Crippen LogP contribution in [-0.4, -0.2) is 56.1 Å². The molecule has 6 heteroatoms. The van der Waals surface area contributed by atoms with E-state index in [1.807, 2.05) is 47.4 Å². The van der Waals surface area contributed by atoms with E-state index >= 15 is 0 Å². The molecule has 1 heterocycles. The number of benzene rings is 2. The third-order valence-electron chi connectivity index (χ3n) is 4.81. The number of nitrogens with zero attached hydrogens (tertiary/aromatic N) is 2. The zero-order chi connectivity index (χ0) is 19.2. The molecule has 0 unspecified atom stereocenters. The van der Waals surface area contributed by atoms with Crippen molar-refractivity contribution in [2.24, 2.45) is 0 Å². The van der Waals surface area contributed by atoms with Gasteiger partial charge in [-0.2, -0.15) is 0 Å². The molecular weight excluding hydrogens is 364 g/mol. The molecule has 0 bridgehead atoms. The standard InChI is InChI=1S/C21H25ClN2O3/c1-26-15-16-3-5-17(6-4-16)21(25)24-11-9-23(10-12-24)14-18-13-19(22)7-8-20(18)27-2/h3-8,13H,9-12,14-15H2,1-2H3. The quantitative estimate of drug-likeness (QED) is 0.760. The van der Waals surface area contributed by atoms with Crippen LogP contribution in [0.3, 0.4) is 0 Å². The first kappa shape index (κ1) is 19.7. The minimum absolute atomic E-state index is 0.0824. The summed E-state index contributed by atoms with van der Waals surface area (Å²) in [7, 11) is 3.33. The van der Waals surface area contributed by atoms with Crippen LogP contribution in [0.4, 0.5) is 0 Å². The van der Waals surface area contributed by atoms with E-state index in [0.29, 0.717) is 24.7 Å². The molecule has 0 aliphatic carbocycles. The molecule has 27 heavy (non-hydrogen) atoms. The van der Waals surface area contributed by atoms with Gasteiger partial charge in [0.25, 0.3) is 5.91 Å². The van der Waals surface area contributed by atoms with Crippen LogP contribution in [0.5, 0.6) is 5.75 Å². The summed E-state index contributed by atoms with van der Waals surface area (Å²) in [5.74, 6) is 0.924. The van der Waals surface area contributed by atoms with Gasteiger partial charge in [-0.25, -0.2) is 0 Å². The maximum absolute atomic E-state index is 12.7. The number of rotatable bonds is 6. The summed E-state index contributed by atoms with van der Waals surface area (Å²) < 4.78 is 10.5.